The van der Waals surface area contributed by atoms with E-state index in [9.17, 15) is 5.11 Å². The first kappa shape index (κ1) is 11.0. The fourth-order valence-corrected chi connectivity index (χ4v) is 2.28. The minimum absolute atomic E-state index is 0.234. The van der Waals surface area contributed by atoms with Crippen molar-refractivity contribution in [1.29, 1.82) is 0 Å². The maximum atomic E-state index is 9.37. The fraction of sp³-hybridized carbons (Fsp3) is 0.200. The molecule has 1 aliphatic heterocycles. The number of ether oxygens (including phenoxy) is 1. The van der Waals surface area contributed by atoms with Gasteiger partial charge in [-0.15, -0.1) is 0 Å². The number of hydrogen-bond donors (Lipinski definition) is 2. The zero-order chi connectivity index (χ0) is 12.4. The van der Waals surface area contributed by atoms with E-state index in [-0.39, 0.29) is 5.75 Å². The first-order chi connectivity index (χ1) is 8.83. The van der Waals surface area contributed by atoms with Crippen LogP contribution in [-0.4, -0.2) is 18.3 Å². The summed E-state index contributed by atoms with van der Waals surface area (Å²) in [5.74, 6) is 1.31. The standard InChI is InChI=1S/C15H15NO2/c17-12-4-3-5-13(8-12)18-10-11-9-16-15-7-2-1-6-14(11)15/h1-8,11,16-17H,9-10H2. The molecule has 18 heavy (non-hydrogen) atoms. The Balaban J connectivity index is 1.69. The number of fused-ring (bicyclic) bond motifs is 1. The number of phenols is 1. The van der Waals surface area contributed by atoms with Gasteiger partial charge in [-0.3, -0.25) is 0 Å². The molecule has 0 bridgehead atoms. The Morgan fingerprint density at radius 3 is 2.94 bits per heavy atom. The molecule has 2 N–H and O–H groups in total. The molecule has 0 aliphatic carbocycles. The maximum absolute atomic E-state index is 9.37. The summed E-state index contributed by atoms with van der Waals surface area (Å²) in [4.78, 5) is 0. The lowest BCUT2D eigenvalue weighted by atomic mass is 10.0. The average molecular weight is 241 g/mol. The summed E-state index contributed by atoms with van der Waals surface area (Å²) in [5, 5.41) is 12.7. The highest BCUT2D eigenvalue weighted by Gasteiger charge is 2.21. The molecule has 0 saturated heterocycles. The van der Waals surface area contributed by atoms with E-state index in [1.165, 1.54) is 11.3 Å². The third-order valence-corrected chi connectivity index (χ3v) is 3.21. The summed E-state index contributed by atoms with van der Waals surface area (Å²) in [6.45, 7) is 1.52. The molecule has 0 saturated carbocycles. The third kappa shape index (κ3) is 2.12. The van der Waals surface area contributed by atoms with Crippen LogP contribution in [0.15, 0.2) is 48.5 Å². The Labute approximate surface area is 106 Å². The van der Waals surface area contributed by atoms with Crippen LogP contribution in [0, 0.1) is 0 Å². The van der Waals surface area contributed by atoms with Crippen LogP contribution < -0.4 is 10.1 Å². The van der Waals surface area contributed by atoms with Crippen molar-refractivity contribution in [2.45, 2.75) is 5.92 Å². The zero-order valence-corrected chi connectivity index (χ0v) is 9.97. The van der Waals surface area contributed by atoms with Crippen LogP contribution in [0.4, 0.5) is 5.69 Å². The molecule has 3 heteroatoms. The van der Waals surface area contributed by atoms with Gasteiger partial charge in [0.15, 0.2) is 0 Å². The third-order valence-electron chi connectivity index (χ3n) is 3.21. The molecular weight excluding hydrogens is 226 g/mol. The van der Waals surface area contributed by atoms with Gasteiger partial charge in [0, 0.05) is 24.2 Å². The Morgan fingerprint density at radius 2 is 2.06 bits per heavy atom. The van der Waals surface area contributed by atoms with Crippen LogP contribution in [0.3, 0.4) is 0 Å². The predicted molar refractivity (Wildman–Crippen MR) is 71.3 cm³/mol. The number of aromatic hydroxyl groups is 1. The van der Waals surface area contributed by atoms with Gasteiger partial charge in [0.1, 0.15) is 11.5 Å². The number of anilines is 1. The van der Waals surface area contributed by atoms with Gasteiger partial charge in [-0.2, -0.15) is 0 Å². The van der Waals surface area contributed by atoms with E-state index in [0.29, 0.717) is 18.3 Å². The summed E-state index contributed by atoms with van der Waals surface area (Å²) >= 11 is 0. The number of phenolic OH excluding ortho intramolecular Hbond substituents is 1. The molecule has 0 fully saturated rings. The molecular formula is C15H15NO2. The SMILES string of the molecule is Oc1cccc(OCC2CNc3ccccc32)c1. The number of benzene rings is 2. The lowest BCUT2D eigenvalue weighted by Crippen LogP contribution is -2.12. The van der Waals surface area contributed by atoms with E-state index in [0.717, 1.165) is 6.54 Å². The highest BCUT2D eigenvalue weighted by Crippen LogP contribution is 2.31. The minimum atomic E-state index is 0.234. The fourth-order valence-electron chi connectivity index (χ4n) is 2.28. The number of nitrogens with one attached hydrogen (secondary N) is 1. The monoisotopic (exact) mass is 241 g/mol. The molecule has 1 atom stereocenters. The maximum Gasteiger partial charge on any atom is 0.123 e. The van der Waals surface area contributed by atoms with E-state index < -0.39 is 0 Å². The van der Waals surface area contributed by atoms with Gasteiger partial charge in [-0.05, 0) is 23.8 Å². The minimum Gasteiger partial charge on any atom is -0.508 e. The first-order valence-electron chi connectivity index (χ1n) is 6.07. The topological polar surface area (TPSA) is 41.5 Å². The van der Waals surface area contributed by atoms with Crippen molar-refractivity contribution >= 4 is 5.69 Å². The second kappa shape index (κ2) is 4.61. The summed E-state index contributed by atoms with van der Waals surface area (Å²) in [6.07, 6.45) is 0. The molecule has 1 aliphatic rings. The summed E-state index contributed by atoms with van der Waals surface area (Å²) in [7, 11) is 0. The van der Waals surface area contributed by atoms with Gasteiger partial charge >= 0.3 is 0 Å². The van der Waals surface area contributed by atoms with Gasteiger partial charge in [-0.25, -0.2) is 0 Å². The second-order valence-electron chi connectivity index (χ2n) is 4.47. The lowest BCUT2D eigenvalue weighted by Gasteiger charge is -2.12. The van der Waals surface area contributed by atoms with Gasteiger partial charge in [0.2, 0.25) is 0 Å². The number of rotatable bonds is 3. The average Bonchev–Trinajstić information content (AvgIpc) is 2.80. The molecule has 0 amide bonds. The summed E-state index contributed by atoms with van der Waals surface area (Å²) in [5.41, 5.74) is 2.50. The van der Waals surface area contributed by atoms with Gasteiger partial charge in [-0.1, -0.05) is 24.3 Å². The Morgan fingerprint density at radius 1 is 1.17 bits per heavy atom. The van der Waals surface area contributed by atoms with Crippen LogP contribution in [-0.2, 0) is 0 Å². The van der Waals surface area contributed by atoms with Crippen LogP contribution in [0.25, 0.3) is 0 Å². The lowest BCUT2D eigenvalue weighted by molar-refractivity contribution is 0.294. The van der Waals surface area contributed by atoms with Crippen LogP contribution in [0.2, 0.25) is 0 Å². The summed E-state index contributed by atoms with van der Waals surface area (Å²) < 4.78 is 5.73. The van der Waals surface area contributed by atoms with Crippen molar-refractivity contribution in [3.63, 3.8) is 0 Å². The normalized spacial score (nSPS) is 17.0. The van der Waals surface area contributed by atoms with Gasteiger partial charge in [0.05, 0.1) is 6.61 Å². The van der Waals surface area contributed by atoms with Crippen molar-refractivity contribution in [2.24, 2.45) is 0 Å². The van der Waals surface area contributed by atoms with E-state index in [1.807, 2.05) is 18.2 Å². The molecule has 0 aromatic heterocycles. The van der Waals surface area contributed by atoms with Crippen molar-refractivity contribution in [3.8, 4) is 11.5 Å². The van der Waals surface area contributed by atoms with Gasteiger partial charge < -0.3 is 15.2 Å². The number of hydrogen-bond acceptors (Lipinski definition) is 3. The van der Waals surface area contributed by atoms with Crippen LogP contribution >= 0.6 is 0 Å². The van der Waals surface area contributed by atoms with Crippen molar-refractivity contribution in [2.75, 3.05) is 18.5 Å². The molecule has 1 unspecified atom stereocenters. The molecule has 2 aromatic rings. The molecule has 0 spiro atoms. The van der Waals surface area contributed by atoms with Gasteiger partial charge in [0.25, 0.3) is 0 Å². The molecule has 3 nitrogen and oxygen atoms in total. The first-order valence-corrected chi connectivity index (χ1v) is 6.07. The van der Waals surface area contributed by atoms with Crippen LogP contribution in [0.5, 0.6) is 11.5 Å². The van der Waals surface area contributed by atoms with Crippen molar-refractivity contribution in [1.82, 2.24) is 0 Å². The highest BCUT2D eigenvalue weighted by atomic mass is 16.5. The molecule has 2 aromatic carbocycles. The zero-order valence-electron chi connectivity index (χ0n) is 9.97. The Kier molecular flexibility index (Phi) is 2.81. The molecule has 1 heterocycles. The largest absolute Gasteiger partial charge is 0.508 e. The quantitative estimate of drug-likeness (QED) is 0.868. The van der Waals surface area contributed by atoms with Crippen molar-refractivity contribution in [3.05, 3.63) is 54.1 Å². The van der Waals surface area contributed by atoms with E-state index in [1.54, 1.807) is 18.2 Å². The second-order valence-corrected chi connectivity index (χ2v) is 4.47. The number of para-hydroxylation sites is 1. The summed E-state index contributed by atoms with van der Waals surface area (Å²) in [6, 6.07) is 15.2. The van der Waals surface area contributed by atoms with E-state index in [2.05, 4.69) is 17.4 Å². The Bertz CT molecular complexity index is 554. The van der Waals surface area contributed by atoms with Crippen LogP contribution in [0.1, 0.15) is 11.5 Å². The predicted octanol–water partition coefficient (Wildman–Crippen LogP) is 2.98. The highest BCUT2D eigenvalue weighted by molar-refractivity contribution is 5.57. The van der Waals surface area contributed by atoms with Crippen molar-refractivity contribution < 1.29 is 9.84 Å². The Hall–Kier alpha value is -2.16. The van der Waals surface area contributed by atoms with E-state index in [4.69, 9.17) is 4.74 Å². The molecule has 92 valence electrons. The smallest absolute Gasteiger partial charge is 0.123 e. The van der Waals surface area contributed by atoms with E-state index >= 15 is 0 Å². The molecule has 0 radical (unpaired) electrons. The molecule has 3 rings (SSSR count).